The molecule has 0 unspecified atom stereocenters. The molecule has 0 bridgehead atoms. The van der Waals surface area contributed by atoms with Crippen LogP contribution in [0.5, 0.6) is 0 Å². The van der Waals surface area contributed by atoms with E-state index in [-0.39, 0.29) is 0 Å². The standard InChI is InChI=1S/C11H10N6S/c1-2-9(12-5-10-6-18-8-13-10)4-11(3-1)17-7-14-15-16-17/h1-4,6-8,12H,5H2. The number of nitrogens with zero attached hydrogens (tertiary/aromatic N) is 5. The fourth-order valence-corrected chi connectivity index (χ4v) is 2.11. The van der Waals surface area contributed by atoms with Gasteiger partial charge in [0.2, 0.25) is 0 Å². The molecule has 0 aliphatic heterocycles. The lowest BCUT2D eigenvalue weighted by Crippen LogP contribution is -2.01. The summed E-state index contributed by atoms with van der Waals surface area (Å²) in [5.41, 5.74) is 4.79. The minimum absolute atomic E-state index is 0.711. The summed E-state index contributed by atoms with van der Waals surface area (Å²) in [6.45, 7) is 0.711. The van der Waals surface area contributed by atoms with Gasteiger partial charge in [-0.2, -0.15) is 0 Å². The summed E-state index contributed by atoms with van der Waals surface area (Å²) in [7, 11) is 0. The summed E-state index contributed by atoms with van der Waals surface area (Å²) in [5.74, 6) is 0. The van der Waals surface area contributed by atoms with E-state index in [1.807, 2.05) is 35.2 Å². The van der Waals surface area contributed by atoms with E-state index in [1.165, 1.54) is 0 Å². The molecule has 1 aromatic carbocycles. The molecule has 6 nitrogen and oxygen atoms in total. The maximum absolute atomic E-state index is 4.22. The summed E-state index contributed by atoms with van der Waals surface area (Å²) < 4.78 is 1.62. The summed E-state index contributed by atoms with van der Waals surface area (Å²) in [6.07, 6.45) is 1.57. The van der Waals surface area contributed by atoms with Gasteiger partial charge < -0.3 is 5.32 Å². The van der Waals surface area contributed by atoms with Crippen LogP contribution >= 0.6 is 11.3 Å². The lowest BCUT2D eigenvalue weighted by atomic mass is 10.2. The minimum Gasteiger partial charge on any atom is -0.379 e. The second-order valence-electron chi connectivity index (χ2n) is 3.64. The fraction of sp³-hybridized carbons (Fsp3) is 0.0909. The number of tetrazole rings is 1. The summed E-state index contributed by atoms with van der Waals surface area (Å²) >= 11 is 1.59. The van der Waals surface area contributed by atoms with Crippen molar-refractivity contribution < 1.29 is 0 Å². The molecule has 0 saturated heterocycles. The minimum atomic E-state index is 0.711. The zero-order valence-corrected chi connectivity index (χ0v) is 10.2. The number of hydrogen-bond donors (Lipinski definition) is 1. The molecule has 0 amide bonds. The van der Waals surface area contributed by atoms with Crippen molar-refractivity contribution in [2.24, 2.45) is 0 Å². The number of anilines is 1. The average molecular weight is 258 g/mol. The highest BCUT2D eigenvalue weighted by Crippen LogP contribution is 2.14. The second-order valence-corrected chi connectivity index (χ2v) is 4.36. The molecular formula is C11H10N6S. The van der Waals surface area contributed by atoms with E-state index in [4.69, 9.17) is 0 Å². The van der Waals surface area contributed by atoms with Gasteiger partial charge in [0.25, 0.3) is 0 Å². The zero-order valence-electron chi connectivity index (χ0n) is 9.39. The van der Waals surface area contributed by atoms with Crippen molar-refractivity contribution in [1.82, 2.24) is 25.2 Å². The van der Waals surface area contributed by atoms with Crippen molar-refractivity contribution in [3.05, 3.63) is 47.2 Å². The van der Waals surface area contributed by atoms with Crippen molar-refractivity contribution in [3.8, 4) is 5.69 Å². The predicted molar refractivity (Wildman–Crippen MR) is 68.6 cm³/mol. The first-order chi connectivity index (χ1) is 8.92. The molecular weight excluding hydrogens is 248 g/mol. The first kappa shape index (κ1) is 10.8. The highest BCUT2D eigenvalue weighted by molar-refractivity contribution is 7.07. The van der Waals surface area contributed by atoms with Gasteiger partial charge in [0, 0.05) is 11.1 Å². The van der Waals surface area contributed by atoms with E-state index >= 15 is 0 Å². The van der Waals surface area contributed by atoms with E-state index in [9.17, 15) is 0 Å². The molecule has 3 rings (SSSR count). The Labute approximate surface area is 107 Å². The maximum Gasteiger partial charge on any atom is 0.143 e. The van der Waals surface area contributed by atoms with E-state index in [2.05, 4.69) is 25.8 Å². The molecule has 0 fully saturated rings. The molecule has 0 radical (unpaired) electrons. The molecule has 0 saturated carbocycles. The third-order valence-electron chi connectivity index (χ3n) is 2.42. The monoisotopic (exact) mass is 258 g/mol. The van der Waals surface area contributed by atoms with E-state index in [0.29, 0.717) is 6.54 Å². The summed E-state index contributed by atoms with van der Waals surface area (Å²) in [4.78, 5) is 4.22. The molecule has 1 N–H and O–H groups in total. The Morgan fingerprint density at radius 2 is 2.33 bits per heavy atom. The number of aromatic nitrogens is 5. The zero-order chi connectivity index (χ0) is 12.2. The number of benzene rings is 1. The van der Waals surface area contributed by atoms with Crippen LogP contribution in [0.1, 0.15) is 5.69 Å². The summed E-state index contributed by atoms with van der Waals surface area (Å²) in [5, 5.41) is 16.4. The highest BCUT2D eigenvalue weighted by Gasteiger charge is 2.00. The van der Waals surface area contributed by atoms with Crippen LogP contribution in [-0.4, -0.2) is 25.2 Å². The molecule has 0 aliphatic carbocycles. The second kappa shape index (κ2) is 4.92. The maximum atomic E-state index is 4.22. The highest BCUT2D eigenvalue weighted by atomic mass is 32.1. The number of rotatable bonds is 4. The van der Waals surface area contributed by atoms with Crippen LogP contribution in [-0.2, 0) is 6.54 Å². The Morgan fingerprint density at radius 1 is 1.33 bits per heavy atom. The molecule has 0 spiro atoms. The predicted octanol–water partition coefficient (Wildman–Crippen LogP) is 1.73. The Hall–Kier alpha value is -2.28. The molecule has 2 heterocycles. The topological polar surface area (TPSA) is 68.5 Å². The summed E-state index contributed by atoms with van der Waals surface area (Å²) in [6, 6.07) is 7.90. The lowest BCUT2D eigenvalue weighted by molar-refractivity contribution is 0.789. The third-order valence-corrected chi connectivity index (χ3v) is 3.05. The molecule has 7 heteroatoms. The molecule has 0 aliphatic rings. The largest absolute Gasteiger partial charge is 0.379 e. The first-order valence-electron chi connectivity index (χ1n) is 5.36. The van der Waals surface area contributed by atoms with Gasteiger partial charge in [0.05, 0.1) is 23.4 Å². The van der Waals surface area contributed by atoms with Crippen LogP contribution < -0.4 is 5.32 Å². The van der Waals surface area contributed by atoms with Crippen LogP contribution in [0.25, 0.3) is 5.69 Å². The number of hydrogen-bond acceptors (Lipinski definition) is 6. The molecule has 0 atom stereocenters. The Balaban J connectivity index is 1.75. The lowest BCUT2D eigenvalue weighted by Gasteiger charge is -2.06. The quantitative estimate of drug-likeness (QED) is 0.772. The van der Waals surface area contributed by atoms with Gasteiger partial charge in [0.15, 0.2) is 0 Å². The van der Waals surface area contributed by atoms with E-state index in [0.717, 1.165) is 17.1 Å². The Bertz CT molecular complexity index is 604. The number of nitrogens with one attached hydrogen (secondary N) is 1. The Morgan fingerprint density at radius 3 is 3.11 bits per heavy atom. The van der Waals surface area contributed by atoms with Crippen LogP contribution in [0.4, 0.5) is 5.69 Å². The third kappa shape index (κ3) is 2.35. The van der Waals surface area contributed by atoms with E-state index in [1.54, 1.807) is 22.3 Å². The molecule has 18 heavy (non-hydrogen) atoms. The van der Waals surface area contributed by atoms with Crippen molar-refractivity contribution in [2.75, 3.05) is 5.32 Å². The SMILES string of the molecule is c1cc(NCc2cscn2)cc(-n2cnnn2)c1. The molecule has 3 aromatic rings. The van der Waals surface area contributed by atoms with Gasteiger partial charge in [-0.05, 0) is 28.6 Å². The average Bonchev–Trinajstić information content (AvgIpc) is 3.10. The van der Waals surface area contributed by atoms with Crippen molar-refractivity contribution >= 4 is 17.0 Å². The van der Waals surface area contributed by atoms with Crippen molar-refractivity contribution in [3.63, 3.8) is 0 Å². The Kier molecular flexibility index (Phi) is 2.97. The van der Waals surface area contributed by atoms with Gasteiger partial charge in [-0.3, -0.25) is 0 Å². The van der Waals surface area contributed by atoms with Crippen LogP contribution in [0.3, 0.4) is 0 Å². The van der Waals surface area contributed by atoms with Crippen LogP contribution in [0.2, 0.25) is 0 Å². The van der Waals surface area contributed by atoms with Crippen molar-refractivity contribution in [2.45, 2.75) is 6.54 Å². The normalized spacial score (nSPS) is 10.4. The van der Waals surface area contributed by atoms with Crippen molar-refractivity contribution in [1.29, 1.82) is 0 Å². The van der Waals surface area contributed by atoms with Crippen LogP contribution in [0.15, 0.2) is 41.5 Å². The van der Waals surface area contributed by atoms with Gasteiger partial charge in [-0.1, -0.05) is 6.07 Å². The van der Waals surface area contributed by atoms with E-state index < -0.39 is 0 Å². The van der Waals surface area contributed by atoms with Crippen LogP contribution in [0, 0.1) is 0 Å². The number of thiazole rings is 1. The smallest absolute Gasteiger partial charge is 0.143 e. The first-order valence-corrected chi connectivity index (χ1v) is 6.30. The van der Waals surface area contributed by atoms with Gasteiger partial charge in [-0.15, -0.1) is 16.4 Å². The van der Waals surface area contributed by atoms with Gasteiger partial charge >= 0.3 is 0 Å². The van der Waals surface area contributed by atoms with Gasteiger partial charge in [0.1, 0.15) is 6.33 Å². The van der Waals surface area contributed by atoms with Gasteiger partial charge in [-0.25, -0.2) is 9.67 Å². The molecule has 90 valence electrons. The molecule has 2 aromatic heterocycles. The fourth-order valence-electron chi connectivity index (χ4n) is 1.56.